The van der Waals surface area contributed by atoms with Crippen molar-refractivity contribution in [1.29, 1.82) is 0 Å². The van der Waals surface area contributed by atoms with E-state index in [1.54, 1.807) is 18.5 Å². The number of nitrogens with zero attached hydrogens (tertiary/aromatic N) is 6. The average Bonchev–Trinajstić information content (AvgIpc) is 2.47. The molecule has 21 heavy (non-hydrogen) atoms. The van der Waals surface area contributed by atoms with Crippen molar-refractivity contribution in [3.63, 3.8) is 0 Å². The van der Waals surface area contributed by atoms with Gasteiger partial charge in [0.25, 0.3) is 5.69 Å². The molecule has 0 unspecified atom stereocenters. The Hall–Kier alpha value is -2.77. The molecule has 0 radical (unpaired) electrons. The van der Waals surface area contributed by atoms with E-state index < -0.39 is 4.92 Å². The Kier molecular flexibility index (Phi) is 4.27. The molecule has 8 heteroatoms. The lowest BCUT2D eigenvalue weighted by atomic mass is 10.3. The molecular weight excluding hydrogens is 272 g/mol. The highest BCUT2D eigenvalue weighted by Gasteiger charge is 2.09. The van der Waals surface area contributed by atoms with E-state index in [0.717, 1.165) is 5.56 Å². The molecular formula is C13H16N6O2. The molecule has 2 aromatic heterocycles. The van der Waals surface area contributed by atoms with Crippen LogP contribution < -0.4 is 9.80 Å². The van der Waals surface area contributed by atoms with Gasteiger partial charge >= 0.3 is 0 Å². The van der Waals surface area contributed by atoms with Gasteiger partial charge in [-0.3, -0.25) is 10.1 Å². The number of aromatic nitrogens is 3. The molecule has 0 N–H and O–H groups in total. The molecule has 0 saturated carbocycles. The lowest BCUT2D eigenvalue weighted by Crippen LogP contribution is -2.18. The van der Waals surface area contributed by atoms with Crippen LogP contribution in [0.3, 0.4) is 0 Å². The Morgan fingerprint density at radius 2 is 1.76 bits per heavy atom. The smallest absolute Gasteiger partial charge is 0.287 e. The molecule has 8 nitrogen and oxygen atoms in total. The zero-order valence-corrected chi connectivity index (χ0v) is 12.1. The largest absolute Gasteiger partial charge is 0.355 e. The first-order valence-electron chi connectivity index (χ1n) is 6.27. The van der Waals surface area contributed by atoms with E-state index in [1.807, 2.05) is 30.9 Å². The summed E-state index contributed by atoms with van der Waals surface area (Å²) >= 11 is 0. The molecule has 0 bridgehead atoms. The molecule has 0 saturated heterocycles. The molecule has 0 fully saturated rings. The van der Waals surface area contributed by atoms with E-state index in [1.165, 1.54) is 12.3 Å². The predicted octanol–water partition coefficient (Wildman–Crippen LogP) is 1.48. The maximum atomic E-state index is 10.6. The Morgan fingerprint density at radius 3 is 2.24 bits per heavy atom. The minimum atomic E-state index is -0.468. The number of pyridine rings is 1. The van der Waals surface area contributed by atoms with E-state index >= 15 is 0 Å². The highest BCUT2D eigenvalue weighted by Crippen LogP contribution is 2.16. The highest BCUT2D eigenvalue weighted by atomic mass is 16.6. The summed E-state index contributed by atoms with van der Waals surface area (Å²) in [6.07, 6.45) is 4.76. The van der Waals surface area contributed by atoms with E-state index in [9.17, 15) is 10.1 Å². The van der Waals surface area contributed by atoms with Crippen molar-refractivity contribution in [1.82, 2.24) is 15.0 Å². The summed E-state index contributed by atoms with van der Waals surface area (Å²) in [7, 11) is 5.61. The van der Waals surface area contributed by atoms with Crippen LogP contribution in [0.1, 0.15) is 5.56 Å². The molecule has 0 spiro atoms. The first kappa shape index (κ1) is 14.6. The molecule has 2 heterocycles. The molecule has 0 aliphatic rings. The van der Waals surface area contributed by atoms with Crippen molar-refractivity contribution in [2.45, 2.75) is 6.54 Å². The predicted molar refractivity (Wildman–Crippen MR) is 79.4 cm³/mol. The van der Waals surface area contributed by atoms with Crippen molar-refractivity contribution in [2.75, 3.05) is 30.9 Å². The van der Waals surface area contributed by atoms with Gasteiger partial charge in [-0.2, -0.15) is 0 Å². The maximum absolute atomic E-state index is 10.6. The van der Waals surface area contributed by atoms with Crippen LogP contribution in [0.25, 0.3) is 0 Å². The van der Waals surface area contributed by atoms with Crippen molar-refractivity contribution in [3.8, 4) is 0 Å². The number of hydrogen-bond donors (Lipinski definition) is 0. The summed E-state index contributed by atoms with van der Waals surface area (Å²) in [6, 6.07) is 3.05. The molecule has 0 aliphatic heterocycles. The fourth-order valence-corrected chi connectivity index (χ4v) is 1.73. The Morgan fingerprint density at radius 1 is 1.10 bits per heavy atom. The number of nitro groups is 1. The summed E-state index contributed by atoms with van der Waals surface area (Å²) < 4.78 is 0. The van der Waals surface area contributed by atoms with Gasteiger partial charge in [-0.05, 0) is 6.07 Å². The van der Waals surface area contributed by atoms with Gasteiger partial charge in [0, 0.05) is 51.7 Å². The van der Waals surface area contributed by atoms with Gasteiger partial charge in [-0.15, -0.1) is 0 Å². The molecule has 0 aromatic carbocycles. The van der Waals surface area contributed by atoms with Crippen LogP contribution in [0.2, 0.25) is 0 Å². The quantitative estimate of drug-likeness (QED) is 0.608. The third-order valence-electron chi connectivity index (χ3n) is 2.85. The summed E-state index contributed by atoms with van der Waals surface area (Å²) in [5, 5.41) is 10.6. The van der Waals surface area contributed by atoms with Gasteiger partial charge in [0.1, 0.15) is 12.0 Å². The fourth-order valence-electron chi connectivity index (χ4n) is 1.73. The van der Waals surface area contributed by atoms with Crippen LogP contribution in [0, 0.1) is 10.1 Å². The first-order valence-corrected chi connectivity index (χ1v) is 6.27. The van der Waals surface area contributed by atoms with Gasteiger partial charge < -0.3 is 9.80 Å². The van der Waals surface area contributed by atoms with E-state index in [4.69, 9.17) is 0 Å². The minimum absolute atomic E-state index is 0.0224. The molecule has 2 rings (SSSR count). The summed E-state index contributed by atoms with van der Waals surface area (Å²) in [5.41, 5.74) is 0.911. The van der Waals surface area contributed by atoms with Crippen molar-refractivity contribution >= 4 is 17.5 Å². The van der Waals surface area contributed by atoms with E-state index in [0.29, 0.717) is 18.3 Å². The first-order chi connectivity index (χ1) is 9.97. The molecule has 0 aliphatic carbocycles. The lowest BCUT2D eigenvalue weighted by Gasteiger charge is -2.18. The average molecular weight is 288 g/mol. The van der Waals surface area contributed by atoms with Crippen LogP contribution in [0.5, 0.6) is 0 Å². The molecule has 2 aromatic rings. The third kappa shape index (κ3) is 3.62. The van der Waals surface area contributed by atoms with Gasteiger partial charge in [0.15, 0.2) is 0 Å². The van der Waals surface area contributed by atoms with Crippen molar-refractivity contribution in [2.24, 2.45) is 0 Å². The summed E-state index contributed by atoms with van der Waals surface area (Å²) in [5.74, 6) is 1.30. The standard InChI is InChI=1S/C13H16N6O2/c1-17(2)13-15-6-10(7-16-13)9-18(3)12-5-4-11(8-14-12)19(20)21/h4-8H,9H2,1-3H3. The van der Waals surface area contributed by atoms with Crippen LogP contribution in [0.4, 0.5) is 17.5 Å². The summed E-state index contributed by atoms with van der Waals surface area (Å²) in [4.78, 5) is 26.4. The second-order valence-electron chi connectivity index (χ2n) is 4.77. The lowest BCUT2D eigenvalue weighted by molar-refractivity contribution is -0.385. The van der Waals surface area contributed by atoms with Crippen LogP contribution in [-0.4, -0.2) is 41.0 Å². The third-order valence-corrected chi connectivity index (χ3v) is 2.85. The van der Waals surface area contributed by atoms with Crippen LogP contribution >= 0.6 is 0 Å². The fraction of sp³-hybridized carbons (Fsp3) is 0.308. The van der Waals surface area contributed by atoms with E-state index in [2.05, 4.69) is 15.0 Å². The Bertz CT molecular complexity index is 612. The number of hydrogen-bond acceptors (Lipinski definition) is 7. The number of rotatable bonds is 5. The minimum Gasteiger partial charge on any atom is -0.355 e. The monoisotopic (exact) mass is 288 g/mol. The topological polar surface area (TPSA) is 88.3 Å². The SMILES string of the molecule is CN(C)c1ncc(CN(C)c2ccc([N+](=O)[O-])cn2)cn1. The van der Waals surface area contributed by atoms with Gasteiger partial charge in [-0.25, -0.2) is 15.0 Å². The number of anilines is 2. The normalized spacial score (nSPS) is 10.2. The molecule has 0 amide bonds. The molecule has 0 atom stereocenters. The summed E-state index contributed by atoms with van der Waals surface area (Å²) in [6.45, 7) is 0.568. The Labute approximate surface area is 122 Å². The highest BCUT2D eigenvalue weighted by molar-refractivity contribution is 5.42. The van der Waals surface area contributed by atoms with Crippen LogP contribution in [-0.2, 0) is 6.54 Å². The Balaban J connectivity index is 2.06. The second-order valence-corrected chi connectivity index (χ2v) is 4.77. The maximum Gasteiger partial charge on any atom is 0.287 e. The second kappa shape index (κ2) is 6.12. The van der Waals surface area contributed by atoms with Gasteiger partial charge in [-0.1, -0.05) is 0 Å². The van der Waals surface area contributed by atoms with Crippen LogP contribution in [0.15, 0.2) is 30.7 Å². The van der Waals surface area contributed by atoms with E-state index in [-0.39, 0.29) is 5.69 Å². The van der Waals surface area contributed by atoms with Crippen molar-refractivity contribution in [3.05, 3.63) is 46.4 Å². The zero-order chi connectivity index (χ0) is 15.4. The zero-order valence-electron chi connectivity index (χ0n) is 12.1. The van der Waals surface area contributed by atoms with Gasteiger partial charge in [0.05, 0.1) is 4.92 Å². The van der Waals surface area contributed by atoms with Gasteiger partial charge in [0.2, 0.25) is 5.95 Å². The molecule has 110 valence electrons. The van der Waals surface area contributed by atoms with Crippen molar-refractivity contribution < 1.29 is 4.92 Å².